The highest BCUT2D eigenvalue weighted by molar-refractivity contribution is 5.88. The number of carboxylic acid groups (broad SMARTS) is 1. The number of hydrogen-bond donors (Lipinski definition) is 1. The Kier molecular flexibility index (Phi) is 2.69. The van der Waals surface area contributed by atoms with Crippen LogP contribution in [0.15, 0.2) is 23.3 Å². The lowest BCUT2D eigenvalue weighted by molar-refractivity contribution is 0.0697. The molecule has 1 rings (SSSR count). The molecule has 0 aliphatic carbocycles. The van der Waals surface area contributed by atoms with Gasteiger partial charge in [-0.25, -0.2) is 4.79 Å². The van der Waals surface area contributed by atoms with Crippen LogP contribution in [0.1, 0.15) is 15.9 Å². The number of hydrogen-bond acceptors (Lipinski definition) is 3. The van der Waals surface area contributed by atoms with E-state index in [2.05, 4.69) is 10.0 Å². The summed E-state index contributed by atoms with van der Waals surface area (Å²) in [6, 6.07) is 5.47. The monoisotopic (exact) mass is 188 g/mol. The second-order valence-electron chi connectivity index (χ2n) is 2.34. The molecule has 0 aromatic heterocycles. The van der Waals surface area contributed by atoms with Crippen LogP contribution < -0.4 is 0 Å². The van der Waals surface area contributed by atoms with Gasteiger partial charge < -0.3 is 5.11 Å². The van der Waals surface area contributed by atoms with Crippen molar-refractivity contribution < 1.29 is 9.90 Å². The molecule has 0 spiro atoms. The highest BCUT2D eigenvalue weighted by Gasteiger charge is 2.06. The summed E-state index contributed by atoms with van der Waals surface area (Å²) < 4.78 is 0. The number of nitrogens with zero attached hydrogens (tertiary/aromatic N) is 4. The van der Waals surface area contributed by atoms with Gasteiger partial charge in [-0.2, -0.15) is 5.26 Å². The molecule has 0 atom stereocenters. The summed E-state index contributed by atoms with van der Waals surface area (Å²) in [6.45, 7) is 0. The van der Waals surface area contributed by atoms with Crippen molar-refractivity contribution in [1.29, 1.82) is 5.26 Å². The van der Waals surface area contributed by atoms with Gasteiger partial charge in [-0.15, -0.1) is 0 Å². The maximum Gasteiger partial charge on any atom is 0.335 e. The molecule has 0 amide bonds. The zero-order chi connectivity index (χ0) is 10.6. The minimum absolute atomic E-state index is 0.0153. The molecule has 14 heavy (non-hydrogen) atoms. The quantitative estimate of drug-likeness (QED) is 0.436. The maximum absolute atomic E-state index is 10.5. The summed E-state index contributed by atoms with van der Waals surface area (Å²) in [7, 11) is 0. The molecular weight excluding hydrogens is 184 g/mol. The number of rotatable bonds is 2. The van der Waals surface area contributed by atoms with E-state index in [-0.39, 0.29) is 16.8 Å². The van der Waals surface area contributed by atoms with Crippen molar-refractivity contribution in [3.05, 3.63) is 39.8 Å². The highest BCUT2D eigenvalue weighted by atomic mass is 16.4. The van der Waals surface area contributed by atoms with Gasteiger partial charge in [0.25, 0.3) is 0 Å². The van der Waals surface area contributed by atoms with Gasteiger partial charge in [0.2, 0.25) is 0 Å². The standard InChI is InChI=1S/C8H4N4O2/c9-4-6-3-5(8(13)14)1-2-7(6)11-12-10/h1-3H,(H,13,14). The molecule has 1 aromatic rings. The molecule has 0 saturated heterocycles. The summed E-state index contributed by atoms with van der Waals surface area (Å²) in [4.78, 5) is 13.0. The van der Waals surface area contributed by atoms with Crippen molar-refractivity contribution in [1.82, 2.24) is 0 Å². The predicted octanol–water partition coefficient (Wildman–Crippen LogP) is 2.20. The van der Waals surface area contributed by atoms with Crippen LogP contribution in [-0.4, -0.2) is 11.1 Å². The van der Waals surface area contributed by atoms with E-state index in [1.54, 1.807) is 6.07 Å². The van der Waals surface area contributed by atoms with Crippen molar-refractivity contribution in [3.8, 4) is 6.07 Å². The summed E-state index contributed by atoms with van der Waals surface area (Å²) in [5.41, 5.74) is 8.30. The van der Waals surface area contributed by atoms with Crippen LogP contribution in [0.4, 0.5) is 5.69 Å². The van der Waals surface area contributed by atoms with Gasteiger partial charge in [0.1, 0.15) is 0 Å². The molecule has 0 aliphatic rings. The first-order chi connectivity index (χ1) is 6.69. The van der Waals surface area contributed by atoms with Crippen LogP contribution >= 0.6 is 0 Å². The Hall–Kier alpha value is -2.51. The zero-order valence-electron chi connectivity index (χ0n) is 6.88. The molecular formula is C8H4N4O2. The topological polar surface area (TPSA) is 110 Å². The highest BCUT2D eigenvalue weighted by Crippen LogP contribution is 2.19. The van der Waals surface area contributed by atoms with E-state index in [0.29, 0.717) is 0 Å². The first kappa shape index (κ1) is 9.58. The second-order valence-corrected chi connectivity index (χ2v) is 2.34. The third-order valence-corrected chi connectivity index (χ3v) is 1.52. The van der Waals surface area contributed by atoms with Gasteiger partial charge in [0.15, 0.2) is 0 Å². The molecule has 68 valence electrons. The van der Waals surface area contributed by atoms with Gasteiger partial charge in [0.05, 0.1) is 22.9 Å². The van der Waals surface area contributed by atoms with Crippen molar-refractivity contribution >= 4 is 11.7 Å². The number of azide groups is 1. The lowest BCUT2D eigenvalue weighted by Crippen LogP contribution is -1.96. The van der Waals surface area contributed by atoms with Crippen molar-refractivity contribution in [2.24, 2.45) is 5.11 Å². The molecule has 0 saturated carbocycles. The molecule has 6 nitrogen and oxygen atoms in total. The van der Waals surface area contributed by atoms with Crippen LogP contribution in [0, 0.1) is 11.3 Å². The SMILES string of the molecule is N#Cc1cc(C(=O)O)ccc1N=[N+]=[N-]. The van der Waals surface area contributed by atoms with E-state index in [4.69, 9.17) is 15.9 Å². The summed E-state index contributed by atoms with van der Waals surface area (Å²) in [6.07, 6.45) is 0. The fraction of sp³-hybridized carbons (Fsp3) is 0. The van der Waals surface area contributed by atoms with Crippen molar-refractivity contribution in [2.45, 2.75) is 0 Å². The molecule has 6 heteroatoms. The largest absolute Gasteiger partial charge is 0.478 e. The average molecular weight is 188 g/mol. The Morgan fingerprint density at radius 1 is 1.64 bits per heavy atom. The normalized spacial score (nSPS) is 8.50. The molecule has 0 bridgehead atoms. The number of carbonyl (C=O) groups is 1. The first-order valence-electron chi connectivity index (χ1n) is 3.51. The molecule has 0 aliphatic heterocycles. The minimum Gasteiger partial charge on any atom is -0.478 e. The van der Waals surface area contributed by atoms with E-state index < -0.39 is 5.97 Å². The molecule has 1 aromatic carbocycles. The van der Waals surface area contributed by atoms with Crippen molar-refractivity contribution in [2.75, 3.05) is 0 Å². The van der Waals surface area contributed by atoms with Gasteiger partial charge in [-0.1, -0.05) is 11.2 Å². The van der Waals surface area contributed by atoms with E-state index >= 15 is 0 Å². The fourth-order valence-corrected chi connectivity index (χ4v) is 0.894. The molecule has 0 fully saturated rings. The molecule has 0 radical (unpaired) electrons. The molecule has 0 heterocycles. The van der Waals surface area contributed by atoms with Crippen LogP contribution in [0.25, 0.3) is 10.4 Å². The summed E-state index contributed by atoms with van der Waals surface area (Å²) in [5, 5.41) is 20.5. The van der Waals surface area contributed by atoms with E-state index in [1.165, 1.54) is 12.1 Å². The van der Waals surface area contributed by atoms with Crippen LogP contribution in [0.3, 0.4) is 0 Å². The molecule has 1 N–H and O–H groups in total. The second kappa shape index (κ2) is 3.94. The fourth-order valence-electron chi connectivity index (χ4n) is 0.894. The Morgan fingerprint density at radius 3 is 2.86 bits per heavy atom. The predicted molar refractivity (Wildman–Crippen MR) is 46.9 cm³/mol. The van der Waals surface area contributed by atoms with Gasteiger partial charge in [-0.05, 0) is 17.7 Å². The number of benzene rings is 1. The first-order valence-corrected chi connectivity index (χ1v) is 3.51. The number of nitriles is 1. The molecule has 0 unspecified atom stereocenters. The maximum atomic E-state index is 10.5. The van der Waals surface area contributed by atoms with E-state index in [0.717, 1.165) is 6.07 Å². The van der Waals surface area contributed by atoms with E-state index in [9.17, 15) is 4.79 Å². The van der Waals surface area contributed by atoms with Gasteiger partial charge in [-0.3, -0.25) is 0 Å². The lowest BCUT2D eigenvalue weighted by atomic mass is 10.1. The van der Waals surface area contributed by atoms with Gasteiger partial charge >= 0.3 is 5.97 Å². The van der Waals surface area contributed by atoms with Crippen molar-refractivity contribution in [3.63, 3.8) is 0 Å². The minimum atomic E-state index is -1.13. The third-order valence-electron chi connectivity index (χ3n) is 1.52. The van der Waals surface area contributed by atoms with Gasteiger partial charge in [0, 0.05) is 4.91 Å². The van der Waals surface area contributed by atoms with Crippen LogP contribution in [-0.2, 0) is 0 Å². The summed E-state index contributed by atoms with van der Waals surface area (Å²) >= 11 is 0. The summed E-state index contributed by atoms with van der Waals surface area (Å²) in [5.74, 6) is -1.13. The lowest BCUT2D eigenvalue weighted by Gasteiger charge is -1.97. The number of carboxylic acids is 1. The Morgan fingerprint density at radius 2 is 2.36 bits per heavy atom. The van der Waals surface area contributed by atoms with Crippen LogP contribution in [0.2, 0.25) is 0 Å². The van der Waals surface area contributed by atoms with Crippen LogP contribution in [0.5, 0.6) is 0 Å². The average Bonchev–Trinajstić information content (AvgIpc) is 2.18. The number of aromatic carboxylic acids is 1. The smallest absolute Gasteiger partial charge is 0.335 e. The Bertz CT molecular complexity index is 469. The Balaban J connectivity index is 3.33. The zero-order valence-corrected chi connectivity index (χ0v) is 6.88. The van der Waals surface area contributed by atoms with E-state index in [1.807, 2.05) is 0 Å². The third kappa shape index (κ3) is 1.80. The Labute approximate surface area is 78.6 Å².